The lowest BCUT2D eigenvalue weighted by molar-refractivity contribution is -0.140. The molecule has 12 aliphatic carbocycles. The summed E-state index contributed by atoms with van der Waals surface area (Å²) in [4.78, 5) is 74.3. The van der Waals surface area contributed by atoms with Crippen LogP contribution in [-0.4, -0.2) is 177 Å². The van der Waals surface area contributed by atoms with Crippen molar-refractivity contribution in [1.29, 1.82) is 0 Å². The smallest absolute Gasteiger partial charge is 0.219 e. The van der Waals surface area contributed by atoms with Crippen LogP contribution in [0.2, 0.25) is 0 Å². The lowest BCUT2D eigenvalue weighted by Gasteiger charge is -2.58. The number of nitrogens with zero attached hydrogens (tertiary/aromatic N) is 5. The molecule has 0 unspecified atom stereocenters. The molecule has 15 fully saturated rings. The van der Waals surface area contributed by atoms with E-state index < -0.39 is 23.0 Å². The van der Waals surface area contributed by atoms with E-state index >= 15 is 4.39 Å². The van der Waals surface area contributed by atoms with Crippen LogP contribution in [0, 0.1) is 129 Å². The van der Waals surface area contributed by atoms with Gasteiger partial charge in [-0.1, -0.05) is 34.1 Å². The SMILES string of the molecule is CC(=O)N1CCN(CC(=O)[C@H]2CC[C@H]3[C@@H]4CC[C@H]5C[C@](C)(O)[C@@H](C)C[C@@H]5[C@H]4CC[C@]23C)CC1.CC(=O)N1CCN(CC(=O)[C@H]2CC[C@H]3[C@@H]4C[C@@H](F)[C@H]5C[C@](C)(O)CC[C@@H]5[C@H]4CC[C@]23C)CC1.C[C@@]1(O)CC[C@H]2[C@@H](CC[C@@H]3[C@@H]2CC[C@]2(C)[C@@H](C(=O)CN4CCCCC4)CC[C@@H]32)C1. The first-order chi connectivity index (χ1) is 45.1. The number of hydrogen-bond donors (Lipinski definition) is 3. The molecule has 0 radical (unpaired) electrons. The van der Waals surface area contributed by atoms with Crippen molar-refractivity contribution in [2.45, 2.75) is 265 Å². The van der Waals surface area contributed by atoms with E-state index in [4.69, 9.17) is 0 Å². The molecule has 13 nitrogen and oxygen atoms in total. The third kappa shape index (κ3) is 14.0. The molecule has 3 saturated heterocycles. The van der Waals surface area contributed by atoms with Crippen molar-refractivity contribution in [2.75, 3.05) is 85.1 Å². The summed E-state index contributed by atoms with van der Waals surface area (Å²) in [5.74, 6) is 12.5. The Hall–Kier alpha value is -2.36. The molecular weight excluding hydrogens is 1190 g/mol. The van der Waals surface area contributed by atoms with Crippen LogP contribution in [0.25, 0.3) is 0 Å². The normalized spacial score (nSPS) is 48.8. The van der Waals surface area contributed by atoms with Gasteiger partial charge < -0.3 is 25.1 Å². The van der Waals surface area contributed by atoms with Gasteiger partial charge in [-0.2, -0.15) is 0 Å². The highest BCUT2D eigenvalue weighted by molar-refractivity contribution is 5.85. The van der Waals surface area contributed by atoms with Gasteiger partial charge in [0.1, 0.15) is 23.5 Å². The summed E-state index contributed by atoms with van der Waals surface area (Å²) in [7, 11) is 0. The summed E-state index contributed by atoms with van der Waals surface area (Å²) in [6.45, 7) is 29.0. The summed E-state index contributed by atoms with van der Waals surface area (Å²) in [5.41, 5.74) is -1.16. The average Bonchev–Trinajstić information content (AvgIpc) is 1.70. The van der Waals surface area contributed by atoms with Crippen LogP contribution < -0.4 is 0 Å². The Balaban J connectivity index is 0.000000129. The van der Waals surface area contributed by atoms with Crippen LogP contribution in [0.3, 0.4) is 0 Å². The lowest BCUT2D eigenvalue weighted by Crippen LogP contribution is -2.55. The molecule has 95 heavy (non-hydrogen) atoms. The van der Waals surface area contributed by atoms with Gasteiger partial charge in [0.2, 0.25) is 11.8 Å². The maximum Gasteiger partial charge on any atom is 0.219 e. The van der Waals surface area contributed by atoms with Gasteiger partial charge >= 0.3 is 0 Å². The molecule has 3 heterocycles. The number of carbonyl (C=O) groups excluding carboxylic acids is 5. The Labute approximate surface area is 573 Å². The fourth-order valence-electron chi connectivity index (χ4n) is 27.5. The van der Waals surface area contributed by atoms with Crippen LogP contribution >= 0.6 is 0 Å². The zero-order valence-corrected chi connectivity index (χ0v) is 61.0. The summed E-state index contributed by atoms with van der Waals surface area (Å²) in [6, 6.07) is 0. The maximum absolute atomic E-state index is 15.5. The minimum Gasteiger partial charge on any atom is -0.390 e. The Morgan fingerprint density at radius 2 is 0.758 bits per heavy atom. The molecule has 12 saturated carbocycles. The Morgan fingerprint density at radius 3 is 1.22 bits per heavy atom. The van der Waals surface area contributed by atoms with Gasteiger partial charge in [0.25, 0.3) is 0 Å². The standard InChI is InChI=1S/C28H46N2O3.C27H43FN2O3.C26H43NO2/c1-18-15-23-20(16-28(18,4)33)5-6-22-21(23)9-10-27(3)24(22)7-8-25(27)26(32)17-29-11-13-30(14-12-29)19(2)31;1-17(31)30-12-10-29(11-13-30)16-25(32)23-5-4-22-20-14-24(28)21-15-26(2,33)8-6-19(21)18(20)7-9-27(22,23)3;1-25(29)12-10-19-18(16-25)6-7-21-20(19)11-13-26(2)22(21)8-9-23(26)24(28)17-27-14-4-3-5-15-27/h18,20-25,33H,5-17H2,1-4H3;18-24,33H,4-16H2,1-3H3;18-23,29H,3-17H2,1-2H3/t18-,20-,21-,22+,23-,24-,25+,27-,28-;18-,19-,20-,21+,22+,23-,24-,26-,27+;18-,19-,20+,21+,22-,23+,25+,26-/m010/s1. The minimum atomic E-state index is -0.808. The molecule has 0 bridgehead atoms. The second-order valence-electron chi connectivity index (χ2n) is 37.9. The second kappa shape index (κ2) is 27.8. The molecule has 0 aromatic carbocycles. The number of alkyl halides is 1. The number of aliphatic hydroxyl groups is 3. The highest BCUT2D eigenvalue weighted by Crippen LogP contribution is 2.69. The van der Waals surface area contributed by atoms with Crippen molar-refractivity contribution in [3.63, 3.8) is 0 Å². The molecule has 26 atom stereocenters. The predicted molar refractivity (Wildman–Crippen MR) is 371 cm³/mol. The molecule has 0 spiro atoms. The molecule has 3 N–H and O–H groups in total. The molecular formula is C81H132FN5O8. The van der Waals surface area contributed by atoms with Gasteiger partial charge in [0.15, 0.2) is 0 Å². The molecule has 536 valence electrons. The topological polar surface area (TPSA) is 162 Å². The summed E-state index contributed by atoms with van der Waals surface area (Å²) < 4.78 is 15.5. The van der Waals surface area contributed by atoms with Gasteiger partial charge in [0, 0.05) is 84.0 Å². The number of ketones is 3. The van der Waals surface area contributed by atoms with Crippen molar-refractivity contribution < 1.29 is 43.7 Å². The highest BCUT2D eigenvalue weighted by Gasteiger charge is 2.63. The number of likely N-dealkylation sites (tertiary alicyclic amines) is 1. The van der Waals surface area contributed by atoms with Crippen LogP contribution in [-0.2, 0) is 24.0 Å². The third-order valence-corrected chi connectivity index (χ3v) is 32.8. The van der Waals surface area contributed by atoms with E-state index in [9.17, 15) is 39.3 Å². The minimum absolute atomic E-state index is 0.00612. The van der Waals surface area contributed by atoms with Gasteiger partial charge in [-0.15, -0.1) is 0 Å². The Bertz CT molecular complexity index is 2750. The zero-order valence-electron chi connectivity index (χ0n) is 61.0. The van der Waals surface area contributed by atoms with Crippen molar-refractivity contribution in [1.82, 2.24) is 24.5 Å². The number of carbonyl (C=O) groups is 5. The molecule has 15 rings (SSSR count). The van der Waals surface area contributed by atoms with E-state index in [1.54, 1.807) is 13.8 Å². The van der Waals surface area contributed by atoms with Crippen LogP contribution in [0.1, 0.15) is 242 Å². The molecule has 15 aliphatic rings. The lowest BCUT2D eigenvalue weighted by atomic mass is 9.48. The number of Topliss-reactive ketones (excluding diaryl/α,β-unsaturated/α-hetero) is 3. The number of fused-ring (bicyclic) bond motifs is 15. The molecule has 14 heteroatoms. The summed E-state index contributed by atoms with van der Waals surface area (Å²) in [5, 5.41) is 32.0. The van der Waals surface area contributed by atoms with E-state index in [0.717, 1.165) is 177 Å². The average molecular weight is 1320 g/mol. The van der Waals surface area contributed by atoms with E-state index in [0.29, 0.717) is 104 Å². The van der Waals surface area contributed by atoms with Crippen molar-refractivity contribution in [3.05, 3.63) is 0 Å². The molecule has 0 aromatic rings. The van der Waals surface area contributed by atoms with Crippen molar-refractivity contribution in [3.8, 4) is 0 Å². The van der Waals surface area contributed by atoms with Gasteiger partial charge in [-0.25, -0.2) is 4.39 Å². The van der Waals surface area contributed by atoms with Gasteiger partial charge in [-0.05, 0) is 318 Å². The van der Waals surface area contributed by atoms with Crippen LogP contribution in [0.4, 0.5) is 4.39 Å². The first kappa shape index (κ1) is 71.1. The van der Waals surface area contributed by atoms with Gasteiger partial charge in [0.05, 0.1) is 36.4 Å². The van der Waals surface area contributed by atoms with E-state index in [-0.39, 0.29) is 45.8 Å². The van der Waals surface area contributed by atoms with Crippen LogP contribution in [0.5, 0.6) is 0 Å². The first-order valence-electron chi connectivity index (χ1n) is 40.1. The largest absolute Gasteiger partial charge is 0.390 e. The molecule has 3 aliphatic heterocycles. The monoisotopic (exact) mass is 1320 g/mol. The third-order valence-electron chi connectivity index (χ3n) is 32.8. The number of rotatable bonds is 9. The number of hydrogen-bond acceptors (Lipinski definition) is 11. The fraction of sp³-hybridized carbons (Fsp3) is 0.938. The van der Waals surface area contributed by atoms with Gasteiger partial charge in [-0.3, -0.25) is 38.7 Å². The Morgan fingerprint density at radius 1 is 0.379 bits per heavy atom. The summed E-state index contributed by atoms with van der Waals surface area (Å²) >= 11 is 0. The number of amides is 2. The van der Waals surface area contributed by atoms with Crippen molar-refractivity contribution in [2.24, 2.45) is 129 Å². The highest BCUT2D eigenvalue weighted by atomic mass is 19.1. The Kier molecular flexibility index (Phi) is 20.8. The van der Waals surface area contributed by atoms with E-state index in [2.05, 4.69) is 56.2 Å². The number of piperidine rings is 1. The number of halogens is 1. The summed E-state index contributed by atoms with van der Waals surface area (Å²) in [6.07, 6.45) is 30.9. The zero-order chi connectivity index (χ0) is 67.3. The molecule has 2 amide bonds. The quantitative estimate of drug-likeness (QED) is 0.201. The second-order valence-corrected chi connectivity index (χ2v) is 37.9. The fourth-order valence-corrected chi connectivity index (χ4v) is 27.5. The molecule has 0 aromatic heterocycles. The first-order valence-corrected chi connectivity index (χ1v) is 40.1. The van der Waals surface area contributed by atoms with E-state index in [1.807, 2.05) is 16.7 Å². The van der Waals surface area contributed by atoms with Crippen LogP contribution in [0.15, 0.2) is 0 Å². The maximum atomic E-state index is 15.5. The van der Waals surface area contributed by atoms with Crippen molar-refractivity contribution >= 4 is 29.2 Å². The van der Waals surface area contributed by atoms with E-state index in [1.165, 1.54) is 96.3 Å². The number of piperazine rings is 2. The predicted octanol–water partition coefficient (Wildman–Crippen LogP) is 12.7.